The molecule has 0 saturated carbocycles. The van der Waals surface area contributed by atoms with E-state index in [2.05, 4.69) is 10.3 Å². The van der Waals surface area contributed by atoms with Gasteiger partial charge in [-0.3, -0.25) is 0 Å². The van der Waals surface area contributed by atoms with Crippen LogP contribution in [0.15, 0.2) is 28.8 Å². The van der Waals surface area contributed by atoms with Crippen LogP contribution in [0.4, 0.5) is 11.4 Å². The Morgan fingerprint density at radius 3 is 3.00 bits per heavy atom. The fourth-order valence-corrected chi connectivity index (χ4v) is 1.51. The highest BCUT2D eigenvalue weighted by molar-refractivity contribution is 6.31. The van der Waals surface area contributed by atoms with Crippen LogP contribution in [0.1, 0.15) is 11.7 Å². The van der Waals surface area contributed by atoms with E-state index >= 15 is 0 Å². The van der Waals surface area contributed by atoms with Crippen molar-refractivity contribution in [2.45, 2.75) is 13.5 Å². The van der Waals surface area contributed by atoms with Gasteiger partial charge in [-0.05, 0) is 25.1 Å². The van der Waals surface area contributed by atoms with Gasteiger partial charge in [0.1, 0.15) is 5.76 Å². The quantitative estimate of drug-likeness (QED) is 0.806. The summed E-state index contributed by atoms with van der Waals surface area (Å²) in [5, 5.41) is 3.76. The molecule has 0 aliphatic rings. The van der Waals surface area contributed by atoms with E-state index in [-0.39, 0.29) is 0 Å². The van der Waals surface area contributed by atoms with Gasteiger partial charge < -0.3 is 15.5 Å². The summed E-state index contributed by atoms with van der Waals surface area (Å²) >= 11 is 5.87. The zero-order valence-corrected chi connectivity index (χ0v) is 9.58. The second-order valence-corrected chi connectivity index (χ2v) is 3.89. The maximum Gasteiger partial charge on any atom is 0.213 e. The molecule has 2 rings (SSSR count). The van der Waals surface area contributed by atoms with Crippen molar-refractivity contribution < 1.29 is 4.42 Å². The number of halogens is 1. The molecule has 0 radical (unpaired) electrons. The van der Waals surface area contributed by atoms with Gasteiger partial charge in [-0.15, -0.1) is 0 Å². The lowest BCUT2D eigenvalue weighted by Crippen LogP contribution is -2.02. The molecule has 0 bridgehead atoms. The molecule has 0 unspecified atom stereocenters. The first kappa shape index (κ1) is 10.8. The molecule has 5 heteroatoms. The summed E-state index contributed by atoms with van der Waals surface area (Å²) in [6, 6.07) is 5.27. The lowest BCUT2D eigenvalue weighted by Gasteiger charge is -2.07. The number of rotatable bonds is 3. The van der Waals surface area contributed by atoms with E-state index in [1.54, 1.807) is 24.4 Å². The third-order valence-electron chi connectivity index (χ3n) is 2.11. The van der Waals surface area contributed by atoms with Crippen LogP contribution in [0.3, 0.4) is 0 Å². The van der Waals surface area contributed by atoms with Gasteiger partial charge in [-0.1, -0.05) is 11.6 Å². The molecule has 1 aromatic carbocycles. The van der Waals surface area contributed by atoms with Gasteiger partial charge in [0.05, 0.1) is 24.1 Å². The molecule has 4 nitrogen and oxygen atoms in total. The highest BCUT2D eigenvalue weighted by atomic mass is 35.5. The normalized spacial score (nSPS) is 10.4. The molecule has 16 heavy (non-hydrogen) atoms. The number of aryl methyl sites for hydroxylation is 1. The summed E-state index contributed by atoms with van der Waals surface area (Å²) in [7, 11) is 0. The van der Waals surface area contributed by atoms with Crippen LogP contribution in [-0.2, 0) is 6.54 Å². The third kappa shape index (κ3) is 2.46. The molecule has 0 aliphatic carbocycles. The lowest BCUT2D eigenvalue weighted by atomic mass is 10.2. The molecule has 1 heterocycles. The Labute approximate surface area is 98.4 Å². The molecule has 0 fully saturated rings. The molecule has 2 aromatic rings. The van der Waals surface area contributed by atoms with E-state index in [0.717, 1.165) is 11.4 Å². The van der Waals surface area contributed by atoms with Crippen molar-refractivity contribution in [2.75, 3.05) is 11.1 Å². The van der Waals surface area contributed by atoms with Crippen LogP contribution in [-0.4, -0.2) is 4.98 Å². The molecule has 0 atom stereocenters. The van der Waals surface area contributed by atoms with Crippen LogP contribution in [0, 0.1) is 6.92 Å². The van der Waals surface area contributed by atoms with Crippen molar-refractivity contribution in [2.24, 2.45) is 0 Å². The standard InChI is InChI=1S/C11H12ClN3O/c1-7-5-15-11(16-7)6-14-10-4-8(12)2-3-9(10)13/h2-5,14H,6,13H2,1H3. The van der Waals surface area contributed by atoms with Crippen LogP contribution < -0.4 is 11.1 Å². The molecule has 0 saturated heterocycles. The molecule has 3 N–H and O–H groups in total. The zero-order valence-electron chi connectivity index (χ0n) is 8.83. The minimum absolute atomic E-state index is 0.485. The number of nitrogens with two attached hydrogens (primary N) is 1. The molecule has 1 aromatic heterocycles. The molecular formula is C11H12ClN3O. The first-order valence-corrected chi connectivity index (χ1v) is 5.23. The number of aromatic nitrogens is 1. The Hall–Kier alpha value is -1.68. The summed E-state index contributed by atoms with van der Waals surface area (Å²) in [4.78, 5) is 4.08. The fourth-order valence-electron chi connectivity index (χ4n) is 1.34. The molecule has 0 spiro atoms. The number of nitrogens with one attached hydrogen (secondary N) is 1. The molecule has 0 aliphatic heterocycles. The minimum atomic E-state index is 0.485. The maximum absolute atomic E-state index is 5.87. The van der Waals surface area contributed by atoms with Gasteiger partial charge in [0.25, 0.3) is 0 Å². The Kier molecular flexibility index (Phi) is 3.01. The summed E-state index contributed by atoms with van der Waals surface area (Å²) in [6.07, 6.45) is 1.68. The highest BCUT2D eigenvalue weighted by Crippen LogP contribution is 2.23. The largest absolute Gasteiger partial charge is 0.444 e. The summed E-state index contributed by atoms with van der Waals surface area (Å²) < 4.78 is 5.33. The van der Waals surface area contributed by atoms with E-state index in [4.69, 9.17) is 21.8 Å². The van der Waals surface area contributed by atoms with Crippen molar-refractivity contribution in [1.29, 1.82) is 0 Å². The van der Waals surface area contributed by atoms with Crippen LogP contribution in [0.25, 0.3) is 0 Å². The number of nitrogen functional groups attached to an aromatic ring is 1. The van der Waals surface area contributed by atoms with Gasteiger partial charge in [0.15, 0.2) is 0 Å². The second kappa shape index (κ2) is 4.45. The monoisotopic (exact) mass is 237 g/mol. The molecule has 0 amide bonds. The lowest BCUT2D eigenvalue weighted by molar-refractivity contribution is 0.479. The number of benzene rings is 1. The van der Waals surface area contributed by atoms with E-state index in [1.165, 1.54) is 0 Å². The first-order valence-electron chi connectivity index (χ1n) is 4.85. The topological polar surface area (TPSA) is 64.1 Å². The average Bonchev–Trinajstić information content (AvgIpc) is 2.66. The molecule has 84 valence electrons. The Morgan fingerprint density at radius 2 is 2.31 bits per heavy atom. The van der Waals surface area contributed by atoms with Gasteiger partial charge in [0, 0.05) is 5.02 Å². The third-order valence-corrected chi connectivity index (χ3v) is 2.35. The average molecular weight is 238 g/mol. The number of oxazole rings is 1. The fraction of sp³-hybridized carbons (Fsp3) is 0.182. The molecular weight excluding hydrogens is 226 g/mol. The highest BCUT2D eigenvalue weighted by Gasteiger charge is 2.03. The van der Waals surface area contributed by atoms with Crippen molar-refractivity contribution in [3.05, 3.63) is 41.1 Å². The van der Waals surface area contributed by atoms with E-state index in [0.29, 0.717) is 23.1 Å². The summed E-state index contributed by atoms with van der Waals surface area (Å²) in [5.41, 5.74) is 7.21. The zero-order chi connectivity index (χ0) is 11.5. The predicted octanol–water partition coefficient (Wildman–Crippen LogP) is 2.83. The van der Waals surface area contributed by atoms with Crippen LogP contribution in [0.5, 0.6) is 0 Å². The van der Waals surface area contributed by atoms with E-state index in [9.17, 15) is 0 Å². The van der Waals surface area contributed by atoms with Crippen molar-refractivity contribution in [3.8, 4) is 0 Å². The van der Waals surface area contributed by atoms with Crippen molar-refractivity contribution >= 4 is 23.0 Å². The smallest absolute Gasteiger partial charge is 0.213 e. The van der Waals surface area contributed by atoms with E-state index < -0.39 is 0 Å². The van der Waals surface area contributed by atoms with Gasteiger partial charge in [0.2, 0.25) is 5.89 Å². The number of hydrogen-bond acceptors (Lipinski definition) is 4. The number of nitrogens with zero attached hydrogens (tertiary/aromatic N) is 1. The number of anilines is 2. The maximum atomic E-state index is 5.87. The van der Waals surface area contributed by atoms with Gasteiger partial charge in [-0.25, -0.2) is 4.98 Å². The second-order valence-electron chi connectivity index (χ2n) is 3.45. The Morgan fingerprint density at radius 1 is 1.50 bits per heavy atom. The number of hydrogen-bond donors (Lipinski definition) is 2. The van der Waals surface area contributed by atoms with Crippen molar-refractivity contribution in [3.63, 3.8) is 0 Å². The van der Waals surface area contributed by atoms with Gasteiger partial charge in [-0.2, -0.15) is 0 Å². The van der Waals surface area contributed by atoms with Crippen molar-refractivity contribution in [1.82, 2.24) is 4.98 Å². The summed E-state index contributed by atoms with van der Waals surface area (Å²) in [6.45, 7) is 2.34. The minimum Gasteiger partial charge on any atom is -0.444 e. The van der Waals surface area contributed by atoms with E-state index in [1.807, 2.05) is 6.92 Å². The first-order chi connectivity index (χ1) is 7.65. The SMILES string of the molecule is Cc1cnc(CNc2cc(Cl)ccc2N)o1. The van der Waals surface area contributed by atoms with Gasteiger partial charge >= 0.3 is 0 Å². The van der Waals surface area contributed by atoms with Crippen LogP contribution >= 0.6 is 11.6 Å². The summed E-state index contributed by atoms with van der Waals surface area (Å²) in [5.74, 6) is 1.41. The Balaban J connectivity index is 2.07. The Bertz CT molecular complexity index is 496. The predicted molar refractivity (Wildman–Crippen MR) is 64.4 cm³/mol. The van der Waals surface area contributed by atoms with Crippen LogP contribution in [0.2, 0.25) is 5.02 Å².